The average Bonchev–Trinajstić information content (AvgIpc) is 3.49. The standard InChI is InChI=1S/C39H64O8Si/c1-13-22-37(5)25-35(44-27-31-16-18-32(41-7)19-17-31)33(45-37)20-14-28(2)23-30(4)34-26-38(6,47-48(10,11)12)39(43-9,46-34)24-29(3)15-21-36(40)42-8/h15-19,21,23,29-30,33-35H,13-14,20,22,24-27H2,1-12H3/b21-15+,28-23+/t29-,30-,33+,34+,35-,37-,38-,39-/m1/s1. The van der Waals surface area contributed by atoms with Gasteiger partial charge in [-0.25, -0.2) is 4.79 Å². The molecule has 0 aromatic heterocycles. The maximum Gasteiger partial charge on any atom is 0.330 e. The number of carbonyl (C=O) groups is 1. The lowest BCUT2D eigenvalue weighted by atomic mass is 9.84. The monoisotopic (exact) mass is 688 g/mol. The van der Waals surface area contributed by atoms with Crippen molar-refractivity contribution in [3.63, 3.8) is 0 Å². The van der Waals surface area contributed by atoms with Gasteiger partial charge in [0.15, 0.2) is 14.1 Å². The molecule has 2 heterocycles. The number of carbonyl (C=O) groups excluding carboxylic acids is 1. The van der Waals surface area contributed by atoms with E-state index in [1.54, 1.807) is 14.2 Å². The Morgan fingerprint density at radius 1 is 1.06 bits per heavy atom. The van der Waals surface area contributed by atoms with Gasteiger partial charge in [0.05, 0.1) is 44.7 Å². The zero-order valence-electron chi connectivity index (χ0n) is 31.9. The predicted molar refractivity (Wildman–Crippen MR) is 194 cm³/mol. The van der Waals surface area contributed by atoms with E-state index in [-0.39, 0.29) is 41.7 Å². The van der Waals surface area contributed by atoms with Crippen molar-refractivity contribution in [2.45, 2.75) is 148 Å². The summed E-state index contributed by atoms with van der Waals surface area (Å²) in [7, 11) is 2.80. The van der Waals surface area contributed by atoms with Crippen LogP contribution in [0.5, 0.6) is 5.75 Å². The summed E-state index contributed by atoms with van der Waals surface area (Å²) in [5.41, 5.74) is 1.63. The van der Waals surface area contributed by atoms with Crippen LogP contribution in [0.15, 0.2) is 48.1 Å². The zero-order chi connectivity index (χ0) is 35.8. The third kappa shape index (κ3) is 11.0. The SMILES string of the molecule is CCC[C@]1(C)C[C@@H](OCc2ccc(OC)cc2)[C@H](CC/C(C)=C/[C@@H](C)[C@@H]2C[C@@](C)(O[Si](C)(C)C)[C@](C[C@H](C)/C=C/C(=O)OC)(OC)O2)O1. The summed E-state index contributed by atoms with van der Waals surface area (Å²) in [6.07, 6.45) is 11.8. The van der Waals surface area contributed by atoms with Gasteiger partial charge in [-0.3, -0.25) is 0 Å². The van der Waals surface area contributed by atoms with Gasteiger partial charge in [0.25, 0.3) is 0 Å². The molecule has 0 bridgehead atoms. The fourth-order valence-corrected chi connectivity index (χ4v) is 9.12. The quantitative estimate of drug-likeness (QED) is 0.0656. The van der Waals surface area contributed by atoms with E-state index in [0.717, 1.165) is 43.4 Å². The second-order valence-electron chi connectivity index (χ2n) is 15.5. The fraction of sp³-hybridized carbons (Fsp3) is 0.718. The normalized spacial score (nSPS) is 30.9. The van der Waals surface area contributed by atoms with Gasteiger partial charge in [-0.15, -0.1) is 0 Å². The number of hydrogen-bond donors (Lipinski definition) is 0. The van der Waals surface area contributed by atoms with E-state index in [4.69, 9.17) is 32.8 Å². The Hall–Kier alpha value is -2.01. The Kier molecular flexibility index (Phi) is 14.5. The van der Waals surface area contributed by atoms with Crippen LogP contribution in [0.4, 0.5) is 0 Å². The third-order valence-corrected chi connectivity index (χ3v) is 10.9. The van der Waals surface area contributed by atoms with E-state index >= 15 is 0 Å². The minimum Gasteiger partial charge on any atom is -0.497 e. The summed E-state index contributed by atoms with van der Waals surface area (Å²) in [6, 6.07) is 8.08. The van der Waals surface area contributed by atoms with Crippen molar-refractivity contribution in [2.24, 2.45) is 11.8 Å². The van der Waals surface area contributed by atoms with E-state index in [0.29, 0.717) is 19.4 Å². The lowest BCUT2D eigenvalue weighted by Crippen LogP contribution is -2.56. The molecule has 0 N–H and O–H groups in total. The third-order valence-electron chi connectivity index (χ3n) is 9.79. The van der Waals surface area contributed by atoms with Gasteiger partial charge in [-0.1, -0.05) is 57.0 Å². The van der Waals surface area contributed by atoms with Crippen LogP contribution in [-0.2, 0) is 39.5 Å². The summed E-state index contributed by atoms with van der Waals surface area (Å²) >= 11 is 0. The molecule has 0 saturated carbocycles. The molecule has 272 valence electrons. The largest absolute Gasteiger partial charge is 0.497 e. The number of esters is 1. The van der Waals surface area contributed by atoms with Gasteiger partial charge in [0.2, 0.25) is 0 Å². The Morgan fingerprint density at radius 2 is 1.75 bits per heavy atom. The molecule has 0 aliphatic carbocycles. The van der Waals surface area contributed by atoms with Crippen LogP contribution in [0.2, 0.25) is 19.6 Å². The second-order valence-corrected chi connectivity index (χ2v) is 19.9. The van der Waals surface area contributed by atoms with Crippen LogP contribution >= 0.6 is 0 Å². The first-order valence-electron chi connectivity index (χ1n) is 17.8. The molecule has 2 saturated heterocycles. The molecule has 1 aromatic rings. The summed E-state index contributed by atoms with van der Waals surface area (Å²) in [5.74, 6) is -0.334. The van der Waals surface area contributed by atoms with Crippen LogP contribution in [0.3, 0.4) is 0 Å². The molecule has 9 heteroatoms. The molecule has 8 nitrogen and oxygen atoms in total. The molecule has 2 aliphatic rings. The van der Waals surface area contributed by atoms with Crippen molar-refractivity contribution in [1.29, 1.82) is 0 Å². The van der Waals surface area contributed by atoms with Crippen LogP contribution in [0.1, 0.15) is 92.1 Å². The molecular weight excluding hydrogens is 625 g/mol. The molecule has 1 aromatic carbocycles. The number of ether oxygens (including phenoxy) is 6. The summed E-state index contributed by atoms with van der Waals surface area (Å²) < 4.78 is 43.4. The van der Waals surface area contributed by atoms with Crippen molar-refractivity contribution in [1.82, 2.24) is 0 Å². The number of allylic oxidation sites excluding steroid dienone is 2. The van der Waals surface area contributed by atoms with Crippen LogP contribution < -0.4 is 4.74 Å². The van der Waals surface area contributed by atoms with Crippen molar-refractivity contribution in [2.75, 3.05) is 21.3 Å². The van der Waals surface area contributed by atoms with E-state index in [2.05, 4.69) is 79.4 Å². The Morgan fingerprint density at radius 3 is 2.33 bits per heavy atom. The van der Waals surface area contributed by atoms with Crippen LogP contribution in [0.25, 0.3) is 0 Å². The number of hydrogen-bond acceptors (Lipinski definition) is 8. The molecule has 48 heavy (non-hydrogen) atoms. The highest BCUT2D eigenvalue weighted by molar-refractivity contribution is 6.69. The van der Waals surface area contributed by atoms with Crippen LogP contribution in [0, 0.1) is 11.8 Å². The van der Waals surface area contributed by atoms with Crippen molar-refractivity contribution in [3.8, 4) is 5.75 Å². The van der Waals surface area contributed by atoms with E-state index in [1.807, 2.05) is 18.2 Å². The highest BCUT2D eigenvalue weighted by Crippen LogP contribution is 2.50. The molecular formula is C39H64O8Si. The van der Waals surface area contributed by atoms with E-state index in [9.17, 15) is 4.79 Å². The molecule has 0 spiro atoms. The van der Waals surface area contributed by atoms with E-state index < -0.39 is 19.7 Å². The first-order chi connectivity index (χ1) is 22.5. The first-order valence-corrected chi connectivity index (χ1v) is 21.2. The smallest absolute Gasteiger partial charge is 0.330 e. The maximum atomic E-state index is 11.8. The number of rotatable bonds is 18. The first kappa shape index (κ1) is 40.4. The summed E-state index contributed by atoms with van der Waals surface area (Å²) in [4.78, 5) is 11.8. The van der Waals surface area contributed by atoms with Gasteiger partial charge >= 0.3 is 5.97 Å². The second kappa shape index (κ2) is 17.3. The highest BCUT2D eigenvalue weighted by Gasteiger charge is 2.60. The Bertz CT molecular complexity index is 1230. The van der Waals surface area contributed by atoms with Gasteiger partial charge in [-0.2, -0.15) is 0 Å². The van der Waals surface area contributed by atoms with E-state index in [1.165, 1.54) is 18.8 Å². The minimum atomic E-state index is -1.97. The maximum absolute atomic E-state index is 11.8. The lowest BCUT2D eigenvalue weighted by molar-refractivity contribution is -0.277. The molecule has 3 rings (SSSR count). The Balaban J connectivity index is 1.71. The number of methoxy groups -OCH3 is 3. The summed E-state index contributed by atoms with van der Waals surface area (Å²) in [6.45, 7) is 20.2. The topological polar surface area (TPSA) is 81.7 Å². The predicted octanol–water partition coefficient (Wildman–Crippen LogP) is 8.79. The van der Waals surface area contributed by atoms with Gasteiger partial charge in [0.1, 0.15) is 11.4 Å². The fourth-order valence-electron chi connectivity index (χ4n) is 7.53. The lowest BCUT2D eigenvalue weighted by Gasteiger charge is -2.45. The molecule has 2 fully saturated rings. The Labute approximate surface area is 292 Å². The van der Waals surface area contributed by atoms with Crippen molar-refractivity contribution in [3.05, 3.63) is 53.6 Å². The van der Waals surface area contributed by atoms with Crippen molar-refractivity contribution >= 4 is 14.3 Å². The van der Waals surface area contributed by atoms with Gasteiger partial charge < -0.3 is 32.8 Å². The average molecular weight is 689 g/mol. The summed E-state index contributed by atoms with van der Waals surface area (Å²) in [5, 5.41) is 0. The number of benzene rings is 1. The van der Waals surface area contributed by atoms with Gasteiger partial charge in [-0.05, 0) is 83.3 Å². The molecule has 8 atom stereocenters. The molecule has 0 radical (unpaired) electrons. The minimum absolute atomic E-state index is 0.00429. The molecule has 0 unspecified atom stereocenters. The van der Waals surface area contributed by atoms with Crippen molar-refractivity contribution < 1.29 is 37.6 Å². The van der Waals surface area contributed by atoms with Gasteiger partial charge in [0, 0.05) is 38.4 Å². The zero-order valence-corrected chi connectivity index (χ0v) is 32.9. The molecule has 0 amide bonds. The highest BCUT2D eigenvalue weighted by atomic mass is 28.4. The van der Waals surface area contributed by atoms with Crippen LogP contribution in [-0.4, -0.2) is 70.9 Å². The molecule has 2 aliphatic heterocycles.